The summed E-state index contributed by atoms with van der Waals surface area (Å²) in [6.45, 7) is 13.2. The molecule has 0 aliphatic carbocycles. The minimum atomic E-state index is -0.391. The molecule has 3 heterocycles. The molecule has 3 aliphatic rings. The quantitative estimate of drug-likeness (QED) is 0.390. The van der Waals surface area contributed by atoms with Gasteiger partial charge in [-0.25, -0.2) is 0 Å². The Bertz CT molecular complexity index is 1340. The molecule has 0 atom stereocenters. The Labute approximate surface area is 200 Å². The first-order chi connectivity index (χ1) is 16.0. The normalized spacial score (nSPS) is 18.3. The fraction of sp³-hybridized carbons (Fsp3) is 0.300. The molecule has 0 amide bonds. The minimum Gasteiger partial charge on any atom is -0.309 e. The first-order valence-corrected chi connectivity index (χ1v) is 11.6. The van der Waals surface area contributed by atoms with Crippen LogP contribution in [-0.4, -0.2) is 0 Å². The van der Waals surface area contributed by atoms with E-state index in [-0.39, 0.29) is 0 Å². The van der Waals surface area contributed by atoms with Crippen LogP contribution in [0.15, 0.2) is 36.4 Å². The van der Waals surface area contributed by atoms with Crippen molar-refractivity contribution in [1.29, 1.82) is 15.8 Å². The first kappa shape index (κ1) is 20.5. The highest BCUT2D eigenvalue weighted by atomic mass is 15.2. The molecule has 3 aromatic carbocycles. The number of benzene rings is 3. The number of rotatable bonds is 0. The molecule has 0 fully saturated rings. The van der Waals surface area contributed by atoms with Crippen LogP contribution in [0.5, 0.6) is 0 Å². The zero-order valence-electron chi connectivity index (χ0n) is 20.3. The lowest BCUT2D eigenvalue weighted by atomic mass is 9.60. The lowest BCUT2D eigenvalue weighted by Crippen LogP contribution is -2.44. The van der Waals surface area contributed by atoms with Crippen LogP contribution < -0.4 is 4.90 Å². The van der Waals surface area contributed by atoms with Crippen molar-refractivity contribution in [1.82, 2.24) is 0 Å². The van der Waals surface area contributed by atoms with Crippen molar-refractivity contribution in [2.45, 2.75) is 57.8 Å². The van der Waals surface area contributed by atoms with Crippen molar-refractivity contribution in [2.24, 2.45) is 0 Å². The van der Waals surface area contributed by atoms with Crippen molar-refractivity contribution >= 4 is 17.1 Å². The molecule has 34 heavy (non-hydrogen) atoms. The summed E-state index contributed by atoms with van der Waals surface area (Å²) in [5.74, 6) is 0. The molecule has 3 aliphatic heterocycles. The number of nitrogens with zero attached hydrogens (tertiary/aromatic N) is 4. The van der Waals surface area contributed by atoms with E-state index < -0.39 is 16.2 Å². The van der Waals surface area contributed by atoms with E-state index >= 15 is 0 Å². The largest absolute Gasteiger partial charge is 0.309 e. The zero-order valence-corrected chi connectivity index (χ0v) is 20.3. The van der Waals surface area contributed by atoms with Gasteiger partial charge in [-0.2, -0.15) is 15.8 Å². The second-order valence-electron chi connectivity index (χ2n) is 11.3. The summed E-state index contributed by atoms with van der Waals surface area (Å²) in [4.78, 5) is 2.37. The molecule has 0 unspecified atom stereocenters. The molecule has 4 heteroatoms. The highest BCUT2D eigenvalue weighted by molar-refractivity contribution is 5.98. The summed E-state index contributed by atoms with van der Waals surface area (Å²) < 4.78 is 0. The van der Waals surface area contributed by atoms with Crippen LogP contribution in [-0.2, 0) is 16.2 Å². The van der Waals surface area contributed by atoms with E-state index in [1.54, 1.807) is 0 Å². The predicted molar refractivity (Wildman–Crippen MR) is 132 cm³/mol. The number of nitriles is 3. The second-order valence-corrected chi connectivity index (χ2v) is 11.3. The SMILES string of the molecule is CC1(C)c2cc(C#N)cc3c2N2c4c1cc(C#N)cc4C(C)(C)c1cc(C#N)cc(c12)C3(C)C. The molecule has 0 aromatic heterocycles. The number of hydrogen-bond acceptors (Lipinski definition) is 4. The summed E-state index contributed by atoms with van der Waals surface area (Å²) in [7, 11) is 0. The van der Waals surface area contributed by atoms with Gasteiger partial charge in [0.15, 0.2) is 0 Å². The van der Waals surface area contributed by atoms with Crippen molar-refractivity contribution < 1.29 is 0 Å². The van der Waals surface area contributed by atoms with Crippen LogP contribution >= 0.6 is 0 Å². The van der Waals surface area contributed by atoms with Crippen LogP contribution in [0, 0.1) is 34.0 Å². The van der Waals surface area contributed by atoms with E-state index in [9.17, 15) is 15.8 Å². The average Bonchev–Trinajstić information content (AvgIpc) is 2.81. The summed E-state index contributed by atoms with van der Waals surface area (Å²) in [5.41, 5.74) is 10.7. The average molecular weight is 441 g/mol. The molecule has 0 N–H and O–H groups in total. The number of anilines is 3. The molecule has 0 saturated carbocycles. The maximum Gasteiger partial charge on any atom is 0.0991 e. The van der Waals surface area contributed by atoms with Crippen molar-refractivity contribution in [2.75, 3.05) is 4.90 Å². The standard InChI is InChI=1S/C30H24N4/c1-28(2)19-7-16(13-31)9-21-25(19)34-26-20(28)8-17(14-32)10-22(26)30(5,6)24-12-18(15-33)11-23(27(24)34)29(21,3)4/h7-12H,1-6H3. The van der Waals surface area contributed by atoms with E-state index in [0.717, 1.165) is 50.4 Å². The van der Waals surface area contributed by atoms with E-state index in [2.05, 4.69) is 64.6 Å². The monoisotopic (exact) mass is 440 g/mol. The Morgan fingerprint density at radius 1 is 0.471 bits per heavy atom. The van der Waals surface area contributed by atoms with Gasteiger partial charge in [0, 0.05) is 16.2 Å². The van der Waals surface area contributed by atoms with Gasteiger partial charge in [0.1, 0.15) is 0 Å². The molecule has 0 spiro atoms. The summed E-state index contributed by atoms with van der Waals surface area (Å²) in [6, 6.07) is 19.2. The van der Waals surface area contributed by atoms with E-state index in [4.69, 9.17) is 0 Å². The first-order valence-electron chi connectivity index (χ1n) is 11.6. The predicted octanol–water partition coefficient (Wildman–Crippen LogP) is 6.69. The molecule has 4 nitrogen and oxygen atoms in total. The van der Waals surface area contributed by atoms with E-state index in [1.165, 1.54) is 0 Å². The molecule has 0 bridgehead atoms. The van der Waals surface area contributed by atoms with Gasteiger partial charge in [0.25, 0.3) is 0 Å². The van der Waals surface area contributed by atoms with E-state index in [1.807, 2.05) is 36.4 Å². The topological polar surface area (TPSA) is 74.6 Å². The minimum absolute atomic E-state index is 0.391. The third-order valence-corrected chi connectivity index (χ3v) is 8.43. The van der Waals surface area contributed by atoms with Crippen LogP contribution in [0.2, 0.25) is 0 Å². The summed E-state index contributed by atoms with van der Waals surface area (Å²) >= 11 is 0. The third kappa shape index (κ3) is 2.11. The lowest BCUT2D eigenvalue weighted by molar-refractivity contribution is 0.566. The van der Waals surface area contributed by atoms with Gasteiger partial charge < -0.3 is 4.90 Å². The molecule has 0 saturated heterocycles. The van der Waals surface area contributed by atoms with Crippen molar-refractivity contribution in [3.8, 4) is 18.2 Å². The Morgan fingerprint density at radius 2 is 0.676 bits per heavy atom. The van der Waals surface area contributed by atoms with Gasteiger partial charge in [-0.15, -0.1) is 0 Å². The Balaban J connectivity index is 1.91. The van der Waals surface area contributed by atoms with Gasteiger partial charge in [-0.1, -0.05) is 41.5 Å². The maximum atomic E-state index is 9.91. The zero-order chi connectivity index (χ0) is 24.4. The van der Waals surface area contributed by atoms with Crippen LogP contribution in [0.4, 0.5) is 17.1 Å². The highest BCUT2D eigenvalue weighted by Crippen LogP contribution is 2.66. The Hall–Kier alpha value is -4.07. The van der Waals surface area contributed by atoms with Gasteiger partial charge in [-0.05, 0) is 69.8 Å². The summed E-state index contributed by atoms with van der Waals surface area (Å²) in [5, 5.41) is 29.7. The molecule has 0 radical (unpaired) electrons. The lowest BCUT2D eigenvalue weighted by Gasteiger charge is -2.55. The fourth-order valence-electron chi connectivity index (χ4n) is 6.45. The van der Waals surface area contributed by atoms with Crippen LogP contribution in [0.1, 0.15) is 91.6 Å². The maximum absolute atomic E-state index is 9.91. The smallest absolute Gasteiger partial charge is 0.0991 e. The summed E-state index contributed by atoms with van der Waals surface area (Å²) in [6.07, 6.45) is 0. The third-order valence-electron chi connectivity index (χ3n) is 8.43. The molecule has 3 aromatic rings. The molecule has 6 rings (SSSR count). The van der Waals surface area contributed by atoms with Gasteiger partial charge >= 0.3 is 0 Å². The van der Waals surface area contributed by atoms with Crippen LogP contribution in [0.25, 0.3) is 0 Å². The second kappa shape index (κ2) is 5.88. The molecular weight excluding hydrogens is 416 g/mol. The fourth-order valence-corrected chi connectivity index (χ4v) is 6.45. The van der Waals surface area contributed by atoms with Gasteiger partial charge in [-0.3, -0.25) is 0 Å². The molecule has 164 valence electrons. The number of hydrogen-bond donors (Lipinski definition) is 0. The van der Waals surface area contributed by atoms with E-state index in [0.29, 0.717) is 16.7 Å². The molecular formula is C30H24N4. The highest BCUT2D eigenvalue weighted by Gasteiger charge is 2.52. The van der Waals surface area contributed by atoms with Crippen molar-refractivity contribution in [3.63, 3.8) is 0 Å². The van der Waals surface area contributed by atoms with Crippen molar-refractivity contribution in [3.05, 3.63) is 86.5 Å². The Kier molecular flexibility index (Phi) is 3.55. The van der Waals surface area contributed by atoms with Crippen LogP contribution in [0.3, 0.4) is 0 Å². The van der Waals surface area contributed by atoms with Gasteiger partial charge in [0.2, 0.25) is 0 Å². The Morgan fingerprint density at radius 3 is 0.853 bits per heavy atom. The van der Waals surface area contributed by atoms with Gasteiger partial charge in [0.05, 0.1) is 52.0 Å².